The highest BCUT2D eigenvalue weighted by Gasteiger charge is 2.76. The van der Waals surface area contributed by atoms with E-state index in [1.165, 1.54) is 44.9 Å². The first-order valence-electron chi connectivity index (χ1n) is 8.93. The molecule has 5 aliphatic carbocycles. The van der Waals surface area contributed by atoms with Crippen molar-refractivity contribution in [2.75, 3.05) is 0 Å². The Morgan fingerprint density at radius 1 is 1.14 bits per heavy atom. The smallest absolute Gasteiger partial charge is 0.155 e. The van der Waals surface area contributed by atoms with E-state index in [4.69, 9.17) is 0 Å². The predicted octanol–water partition coefficient (Wildman–Crippen LogP) is 4.83. The molecule has 0 N–H and O–H groups in total. The second-order valence-corrected chi connectivity index (χ2v) is 8.84. The summed E-state index contributed by atoms with van der Waals surface area (Å²) in [5.41, 5.74) is 4.78. The second kappa shape index (κ2) is 3.55. The molecular weight excluding hydrogens is 256 g/mol. The highest BCUT2D eigenvalue weighted by molar-refractivity contribution is 5.92. The molecule has 0 aromatic carbocycles. The molecule has 0 aliphatic heterocycles. The molecule has 5 unspecified atom stereocenters. The van der Waals surface area contributed by atoms with Gasteiger partial charge in [0.25, 0.3) is 0 Å². The maximum absolute atomic E-state index is 11.8. The van der Waals surface area contributed by atoms with E-state index < -0.39 is 0 Å². The van der Waals surface area contributed by atoms with Crippen LogP contribution in [0.4, 0.5) is 0 Å². The number of ketones is 1. The summed E-state index contributed by atoms with van der Waals surface area (Å²) in [4.78, 5) is 11.8. The lowest BCUT2D eigenvalue weighted by Crippen LogP contribution is -2.45. The van der Waals surface area contributed by atoms with Gasteiger partial charge < -0.3 is 0 Å². The molecule has 0 saturated heterocycles. The van der Waals surface area contributed by atoms with Crippen LogP contribution in [0.1, 0.15) is 65.2 Å². The average molecular weight is 282 g/mol. The van der Waals surface area contributed by atoms with Gasteiger partial charge in [-0.15, -0.1) is 0 Å². The quantitative estimate of drug-likeness (QED) is 0.582. The average Bonchev–Trinajstić information content (AvgIpc) is 3.04. The Hall–Kier alpha value is -0.850. The largest absolute Gasteiger partial charge is 0.295 e. The van der Waals surface area contributed by atoms with Gasteiger partial charge in [-0.25, -0.2) is 0 Å². The van der Waals surface area contributed by atoms with Gasteiger partial charge in [-0.05, 0) is 86.0 Å². The lowest BCUT2D eigenvalue weighted by molar-refractivity contribution is -0.116. The van der Waals surface area contributed by atoms with Crippen LogP contribution in [0.25, 0.3) is 0 Å². The number of fused-ring (bicyclic) bond motifs is 2. The van der Waals surface area contributed by atoms with E-state index in [0.717, 1.165) is 18.3 Å². The third-order valence-electron chi connectivity index (χ3n) is 8.60. The first kappa shape index (κ1) is 12.7. The molecule has 1 nitrogen and oxygen atoms in total. The maximum atomic E-state index is 11.8. The minimum atomic E-state index is 0.398. The van der Waals surface area contributed by atoms with Gasteiger partial charge >= 0.3 is 0 Å². The minimum absolute atomic E-state index is 0.398. The van der Waals surface area contributed by atoms with Crippen molar-refractivity contribution in [2.24, 2.45) is 28.1 Å². The van der Waals surface area contributed by atoms with Crippen molar-refractivity contribution in [3.05, 3.63) is 23.3 Å². The molecule has 112 valence electrons. The highest BCUT2D eigenvalue weighted by atomic mass is 16.1. The van der Waals surface area contributed by atoms with Gasteiger partial charge in [0.1, 0.15) is 0 Å². The van der Waals surface area contributed by atoms with Crippen LogP contribution >= 0.6 is 0 Å². The van der Waals surface area contributed by atoms with Gasteiger partial charge in [-0.2, -0.15) is 0 Å². The monoisotopic (exact) mass is 282 g/mol. The standard InChI is InChI=1S/C20H26O/c1-13-3-5-16-17-6-4-14-11-15(21)7-8-19(14)12-20(17,19)10-9-18(13,16)2/h3,11,16-17H,4-10,12H2,1-2H3. The predicted molar refractivity (Wildman–Crippen MR) is 83.7 cm³/mol. The SMILES string of the molecule is CC1=CCC2C3CCC4=CC(=O)CCC45CC35CCC12C. The van der Waals surface area contributed by atoms with E-state index in [1.807, 2.05) is 0 Å². The summed E-state index contributed by atoms with van der Waals surface area (Å²) >= 11 is 0. The van der Waals surface area contributed by atoms with Gasteiger partial charge in [0.05, 0.1) is 0 Å². The molecule has 5 rings (SSSR count). The Morgan fingerprint density at radius 3 is 2.86 bits per heavy atom. The van der Waals surface area contributed by atoms with Crippen LogP contribution in [-0.2, 0) is 4.79 Å². The van der Waals surface area contributed by atoms with E-state index in [9.17, 15) is 4.79 Å². The highest BCUT2D eigenvalue weighted by Crippen LogP contribution is 2.84. The molecule has 0 heterocycles. The van der Waals surface area contributed by atoms with Crippen molar-refractivity contribution < 1.29 is 4.79 Å². The fourth-order valence-corrected chi connectivity index (χ4v) is 7.21. The Balaban J connectivity index is 1.56. The van der Waals surface area contributed by atoms with E-state index in [0.29, 0.717) is 22.0 Å². The number of rotatable bonds is 0. The summed E-state index contributed by atoms with van der Waals surface area (Å²) in [6.07, 6.45) is 14.7. The molecule has 5 atom stereocenters. The van der Waals surface area contributed by atoms with Crippen molar-refractivity contribution in [1.82, 2.24) is 0 Å². The molecule has 5 aliphatic rings. The summed E-state index contributed by atoms with van der Waals surface area (Å²) in [6.45, 7) is 4.91. The number of carbonyl (C=O) groups is 1. The van der Waals surface area contributed by atoms with Crippen LogP contribution in [0, 0.1) is 28.1 Å². The van der Waals surface area contributed by atoms with Crippen molar-refractivity contribution in [3.63, 3.8) is 0 Å². The van der Waals surface area contributed by atoms with Crippen LogP contribution in [0.5, 0.6) is 0 Å². The van der Waals surface area contributed by atoms with Crippen LogP contribution in [-0.4, -0.2) is 5.78 Å². The molecular formula is C20H26O. The zero-order valence-electron chi connectivity index (χ0n) is 13.4. The van der Waals surface area contributed by atoms with Gasteiger partial charge in [-0.3, -0.25) is 4.79 Å². The Labute approximate surface area is 127 Å². The van der Waals surface area contributed by atoms with Gasteiger partial charge in [0.2, 0.25) is 0 Å². The van der Waals surface area contributed by atoms with Crippen molar-refractivity contribution in [3.8, 4) is 0 Å². The van der Waals surface area contributed by atoms with Crippen LogP contribution < -0.4 is 0 Å². The zero-order valence-corrected chi connectivity index (χ0v) is 13.4. The maximum Gasteiger partial charge on any atom is 0.155 e. The molecule has 3 fully saturated rings. The molecule has 0 radical (unpaired) electrons. The summed E-state index contributed by atoms with van der Waals surface area (Å²) in [5.74, 6) is 2.22. The Kier molecular flexibility index (Phi) is 2.14. The summed E-state index contributed by atoms with van der Waals surface area (Å²) in [6, 6.07) is 0. The van der Waals surface area contributed by atoms with E-state index in [-0.39, 0.29) is 0 Å². The fraction of sp³-hybridized carbons (Fsp3) is 0.750. The molecule has 21 heavy (non-hydrogen) atoms. The summed E-state index contributed by atoms with van der Waals surface area (Å²) in [5, 5.41) is 0. The molecule has 1 heteroatoms. The number of hydrogen-bond acceptors (Lipinski definition) is 1. The first-order valence-corrected chi connectivity index (χ1v) is 8.93. The molecule has 0 aromatic heterocycles. The lowest BCUT2D eigenvalue weighted by Gasteiger charge is -2.53. The zero-order chi connectivity index (χ0) is 14.5. The van der Waals surface area contributed by atoms with Crippen molar-refractivity contribution >= 4 is 5.78 Å². The Morgan fingerprint density at radius 2 is 2.00 bits per heavy atom. The Bertz CT molecular complexity index is 611. The summed E-state index contributed by atoms with van der Waals surface area (Å²) in [7, 11) is 0. The number of hydrogen-bond donors (Lipinski definition) is 0. The molecule has 2 spiro atoms. The van der Waals surface area contributed by atoms with Crippen LogP contribution in [0.2, 0.25) is 0 Å². The topological polar surface area (TPSA) is 17.1 Å². The van der Waals surface area contributed by atoms with Gasteiger partial charge in [0.15, 0.2) is 5.78 Å². The van der Waals surface area contributed by atoms with Crippen LogP contribution in [0.15, 0.2) is 23.3 Å². The van der Waals surface area contributed by atoms with Crippen molar-refractivity contribution in [1.29, 1.82) is 0 Å². The van der Waals surface area contributed by atoms with Gasteiger partial charge in [0, 0.05) is 6.42 Å². The summed E-state index contributed by atoms with van der Waals surface area (Å²) < 4.78 is 0. The third-order valence-corrected chi connectivity index (χ3v) is 8.60. The van der Waals surface area contributed by atoms with Crippen molar-refractivity contribution in [2.45, 2.75) is 65.2 Å². The van der Waals surface area contributed by atoms with Crippen LogP contribution in [0.3, 0.4) is 0 Å². The molecule has 0 bridgehead atoms. The second-order valence-electron chi connectivity index (χ2n) is 8.84. The van der Waals surface area contributed by atoms with E-state index in [1.54, 1.807) is 11.1 Å². The number of carbonyl (C=O) groups excluding carboxylic acids is 1. The number of allylic oxidation sites excluding steroid dienone is 4. The van der Waals surface area contributed by atoms with E-state index in [2.05, 4.69) is 26.0 Å². The third kappa shape index (κ3) is 1.25. The molecule has 0 aromatic rings. The van der Waals surface area contributed by atoms with E-state index >= 15 is 0 Å². The normalized spacial score (nSPS) is 53.9. The fourth-order valence-electron chi connectivity index (χ4n) is 7.21. The molecule has 3 saturated carbocycles. The first-order chi connectivity index (χ1) is 10.0. The van der Waals surface area contributed by atoms with Gasteiger partial charge in [-0.1, -0.05) is 24.1 Å². The minimum Gasteiger partial charge on any atom is -0.295 e. The lowest BCUT2D eigenvalue weighted by atomic mass is 9.51. The molecule has 0 amide bonds.